The van der Waals surface area contributed by atoms with Gasteiger partial charge in [-0.3, -0.25) is 4.18 Å². The maximum Gasteiger partial charge on any atom is 0.296 e. The SMILES string of the molecule is CCOCCCOS(=O)(=O)c1ccccc1. The van der Waals surface area contributed by atoms with Gasteiger partial charge in [-0.15, -0.1) is 0 Å². The van der Waals surface area contributed by atoms with Crippen LogP contribution < -0.4 is 0 Å². The topological polar surface area (TPSA) is 52.6 Å². The van der Waals surface area contributed by atoms with Crippen molar-refractivity contribution in [3.63, 3.8) is 0 Å². The predicted molar refractivity (Wildman–Crippen MR) is 60.7 cm³/mol. The highest BCUT2D eigenvalue weighted by Crippen LogP contribution is 2.11. The molecule has 0 unspecified atom stereocenters. The molecule has 0 saturated carbocycles. The van der Waals surface area contributed by atoms with Gasteiger partial charge < -0.3 is 4.74 Å². The van der Waals surface area contributed by atoms with E-state index in [0.29, 0.717) is 19.6 Å². The molecule has 5 heteroatoms. The first-order valence-electron chi connectivity index (χ1n) is 5.19. The van der Waals surface area contributed by atoms with Gasteiger partial charge in [-0.2, -0.15) is 8.42 Å². The lowest BCUT2D eigenvalue weighted by Gasteiger charge is -2.05. The third-order valence-electron chi connectivity index (χ3n) is 1.91. The van der Waals surface area contributed by atoms with Crippen LogP contribution in [0.25, 0.3) is 0 Å². The van der Waals surface area contributed by atoms with E-state index in [-0.39, 0.29) is 11.5 Å². The summed E-state index contributed by atoms with van der Waals surface area (Å²) in [7, 11) is -3.60. The zero-order valence-electron chi connectivity index (χ0n) is 9.26. The maximum atomic E-state index is 11.6. The van der Waals surface area contributed by atoms with Crippen LogP contribution in [0.4, 0.5) is 0 Å². The van der Waals surface area contributed by atoms with Crippen LogP contribution in [0.15, 0.2) is 35.2 Å². The van der Waals surface area contributed by atoms with Gasteiger partial charge in [0.05, 0.1) is 11.5 Å². The lowest BCUT2D eigenvalue weighted by atomic mass is 10.4. The second kappa shape index (κ2) is 6.62. The van der Waals surface area contributed by atoms with Crippen molar-refractivity contribution in [2.24, 2.45) is 0 Å². The van der Waals surface area contributed by atoms with E-state index in [2.05, 4.69) is 0 Å². The highest BCUT2D eigenvalue weighted by molar-refractivity contribution is 7.86. The minimum absolute atomic E-state index is 0.150. The quantitative estimate of drug-likeness (QED) is 0.542. The minimum atomic E-state index is -3.60. The van der Waals surface area contributed by atoms with Crippen LogP contribution in [-0.2, 0) is 19.0 Å². The summed E-state index contributed by atoms with van der Waals surface area (Å²) in [5.41, 5.74) is 0. The summed E-state index contributed by atoms with van der Waals surface area (Å²) in [5.74, 6) is 0. The molecular formula is C11H16O4S. The fourth-order valence-corrected chi connectivity index (χ4v) is 2.09. The molecular weight excluding hydrogens is 228 g/mol. The Kier molecular flexibility index (Phi) is 5.45. The summed E-state index contributed by atoms with van der Waals surface area (Å²) in [5, 5.41) is 0. The van der Waals surface area contributed by atoms with E-state index in [1.807, 2.05) is 6.92 Å². The molecule has 0 atom stereocenters. The van der Waals surface area contributed by atoms with Crippen molar-refractivity contribution in [2.45, 2.75) is 18.2 Å². The van der Waals surface area contributed by atoms with Crippen LogP contribution in [0.1, 0.15) is 13.3 Å². The van der Waals surface area contributed by atoms with E-state index < -0.39 is 10.1 Å². The molecule has 0 amide bonds. The van der Waals surface area contributed by atoms with E-state index in [1.54, 1.807) is 18.2 Å². The Morgan fingerprint density at radius 2 is 1.81 bits per heavy atom. The van der Waals surface area contributed by atoms with Crippen molar-refractivity contribution in [1.82, 2.24) is 0 Å². The molecule has 0 aromatic heterocycles. The normalized spacial score (nSPS) is 11.6. The van der Waals surface area contributed by atoms with Crippen molar-refractivity contribution in [2.75, 3.05) is 19.8 Å². The smallest absolute Gasteiger partial charge is 0.296 e. The number of hydrogen-bond acceptors (Lipinski definition) is 4. The standard InChI is InChI=1S/C11H16O4S/c1-2-14-9-6-10-15-16(12,13)11-7-4-3-5-8-11/h3-5,7-8H,2,6,9-10H2,1H3. The average Bonchev–Trinajstić information content (AvgIpc) is 2.30. The van der Waals surface area contributed by atoms with Crippen molar-refractivity contribution in [1.29, 1.82) is 0 Å². The summed E-state index contributed by atoms with van der Waals surface area (Å²) in [6.07, 6.45) is 0.569. The van der Waals surface area contributed by atoms with E-state index >= 15 is 0 Å². The number of hydrogen-bond donors (Lipinski definition) is 0. The summed E-state index contributed by atoms with van der Waals surface area (Å²) in [6.45, 7) is 3.19. The molecule has 0 aliphatic carbocycles. The molecule has 0 fully saturated rings. The Balaban J connectivity index is 2.41. The molecule has 1 aromatic carbocycles. The second-order valence-electron chi connectivity index (χ2n) is 3.14. The van der Waals surface area contributed by atoms with Crippen LogP contribution in [0, 0.1) is 0 Å². The van der Waals surface area contributed by atoms with Crippen molar-refractivity contribution < 1.29 is 17.3 Å². The number of benzene rings is 1. The fraction of sp³-hybridized carbons (Fsp3) is 0.455. The zero-order valence-corrected chi connectivity index (χ0v) is 10.1. The summed E-state index contributed by atoms with van der Waals surface area (Å²) in [4.78, 5) is 0.186. The van der Waals surface area contributed by atoms with E-state index in [0.717, 1.165) is 0 Å². The Morgan fingerprint density at radius 3 is 2.44 bits per heavy atom. The molecule has 0 radical (unpaired) electrons. The molecule has 90 valence electrons. The van der Waals surface area contributed by atoms with E-state index in [1.165, 1.54) is 12.1 Å². The van der Waals surface area contributed by atoms with E-state index in [9.17, 15) is 8.42 Å². The lowest BCUT2D eigenvalue weighted by molar-refractivity contribution is 0.132. The first kappa shape index (κ1) is 13.2. The molecule has 0 N–H and O–H groups in total. The van der Waals surface area contributed by atoms with Gasteiger partial charge in [0, 0.05) is 13.2 Å². The highest BCUT2D eigenvalue weighted by atomic mass is 32.2. The molecule has 16 heavy (non-hydrogen) atoms. The number of ether oxygens (including phenoxy) is 1. The van der Waals surface area contributed by atoms with Gasteiger partial charge in [-0.05, 0) is 25.5 Å². The van der Waals surface area contributed by atoms with Crippen LogP contribution in [0.2, 0.25) is 0 Å². The van der Waals surface area contributed by atoms with Gasteiger partial charge in [0.25, 0.3) is 10.1 Å². The van der Waals surface area contributed by atoms with Crippen molar-refractivity contribution >= 4 is 10.1 Å². The fourth-order valence-electron chi connectivity index (χ4n) is 1.13. The molecule has 0 saturated heterocycles. The predicted octanol–water partition coefficient (Wildman–Crippen LogP) is 1.82. The summed E-state index contributed by atoms with van der Waals surface area (Å²) >= 11 is 0. The van der Waals surface area contributed by atoms with Crippen LogP contribution >= 0.6 is 0 Å². The van der Waals surface area contributed by atoms with Gasteiger partial charge in [0.15, 0.2) is 0 Å². The second-order valence-corrected chi connectivity index (χ2v) is 4.75. The van der Waals surface area contributed by atoms with Crippen LogP contribution in [0.3, 0.4) is 0 Å². The van der Waals surface area contributed by atoms with Crippen LogP contribution in [0.5, 0.6) is 0 Å². The maximum absolute atomic E-state index is 11.6. The minimum Gasteiger partial charge on any atom is -0.382 e. The molecule has 0 heterocycles. The first-order valence-corrected chi connectivity index (χ1v) is 6.60. The first-order chi connectivity index (χ1) is 7.67. The Labute approximate surface area is 96.3 Å². The molecule has 0 aliphatic heterocycles. The molecule has 0 aliphatic rings. The zero-order chi connectivity index (χ0) is 11.9. The third kappa shape index (κ3) is 4.30. The largest absolute Gasteiger partial charge is 0.382 e. The van der Waals surface area contributed by atoms with Crippen molar-refractivity contribution in [3.8, 4) is 0 Å². The van der Waals surface area contributed by atoms with E-state index in [4.69, 9.17) is 8.92 Å². The molecule has 0 spiro atoms. The van der Waals surface area contributed by atoms with Crippen LogP contribution in [-0.4, -0.2) is 28.2 Å². The molecule has 4 nitrogen and oxygen atoms in total. The van der Waals surface area contributed by atoms with Gasteiger partial charge in [0.2, 0.25) is 0 Å². The number of rotatable bonds is 7. The summed E-state index contributed by atoms with van der Waals surface area (Å²) < 4.78 is 33.1. The molecule has 0 bridgehead atoms. The van der Waals surface area contributed by atoms with Gasteiger partial charge >= 0.3 is 0 Å². The Bertz CT molecular complexity index is 386. The molecule has 1 aromatic rings. The Morgan fingerprint density at radius 1 is 1.12 bits per heavy atom. The summed E-state index contributed by atoms with van der Waals surface area (Å²) in [6, 6.07) is 8.11. The average molecular weight is 244 g/mol. The third-order valence-corrected chi connectivity index (χ3v) is 3.23. The lowest BCUT2D eigenvalue weighted by Crippen LogP contribution is -2.09. The van der Waals surface area contributed by atoms with Crippen molar-refractivity contribution in [3.05, 3.63) is 30.3 Å². The van der Waals surface area contributed by atoms with Gasteiger partial charge in [-0.25, -0.2) is 0 Å². The highest BCUT2D eigenvalue weighted by Gasteiger charge is 2.13. The van der Waals surface area contributed by atoms with Gasteiger partial charge in [-0.1, -0.05) is 18.2 Å². The molecule has 1 rings (SSSR count). The monoisotopic (exact) mass is 244 g/mol. The van der Waals surface area contributed by atoms with Gasteiger partial charge in [0.1, 0.15) is 0 Å². The Hall–Kier alpha value is -0.910.